The molecule has 1 saturated heterocycles. The topological polar surface area (TPSA) is 78.9 Å². The van der Waals surface area contributed by atoms with Gasteiger partial charge < -0.3 is 14.2 Å². The molecular formula is C13H18O6. The van der Waals surface area contributed by atoms with Crippen LogP contribution >= 0.6 is 0 Å². The molecule has 2 aliphatic rings. The molecule has 106 valence electrons. The molecule has 0 spiro atoms. The van der Waals surface area contributed by atoms with Gasteiger partial charge in [-0.1, -0.05) is 6.92 Å². The Bertz CT molecular complexity index is 454. The first-order chi connectivity index (χ1) is 8.70. The van der Waals surface area contributed by atoms with E-state index in [2.05, 4.69) is 0 Å². The van der Waals surface area contributed by atoms with Gasteiger partial charge in [0, 0.05) is 12.3 Å². The smallest absolute Gasteiger partial charge is 0.323 e. The first-order valence-electron chi connectivity index (χ1n) is 6.11. The predicted octanol–water partition coefficient (Wildman–Crippen LogP) is 0.680. The summed E-state index contributed by atoms with van der Waals surface area (Å²) in [6.07, 6.45) is 0.0861. The average Bonchev–Trinajstić information content (AvgIpc) is 2.53. The zero-order valence-electron chi connectivity index (χ0n) is 11.7. The number of hydrogen-bond acceptors (Lipinski definition) is 6. The van der Waals surface area contributed by atoms with Crippen LogP contribution in [0.15, 0.2) is 0 Å². The van der Waals surface area contributed by atoms with Crippen molar-refractivity contribution < 1.29 is 28.6 Å². The molecule has 1 heterocycles. The molecule has 0 radical (unpaired) electrons. The van der Waals surface area contributed by atoms with Crippen molar-refractivity contribution in [1.29, 1.82) is 0 Å². The van der Waals surface area contributed by atoms with Crippen molar-refractivity contribution in [2.75, 3.05) is 14.2 Å². The molecule has 0 aromatic rings. The first kappa shape index (κ1) is 13.8. The van der Waals surface area contributed by atoms with E-state index < -0.39 is 40.3 Å². The molecule has 6 nitrogen and oxygen atoms in total. The zero-order chi connectivity index (χ0) is 14.6. The van der Waals surface area contributed by atoms with Crippen LogP contribution in [-0.2, 0) is 28.6 Å². The van der Waals surface area contributed by atoms with Crippen LogP contribution in [0.25, 0.3) is 0 Å². The van der Waals surface area contributed by atoms with Crippen LogP contribution in [0.1, 0.15) is 27.2 Å². The van der Waals surface area contributed by atoms with Crippen molar-refractivity contribution in [1.82, 2.24) is 0 Å². The van der Waals surface area contributed by atoms with Crippen LogP contribution in [0.4, 0.5) is 0 Å². The highest BCUT2D eigenvalue weighted by Crippen LogP contribution is 2.67. The maximum absolute atomic E-state index is 12.2. The van der Waals surface area contributed by atoms with Gasteiger partial charge in [0.15, 0.2) is 5.41 Å². The Balaban J connectivity index is 2.57. The summed E-state index contributed by atoms with van der Waals surface area (Å²) in [7, 11) is 2.43. The van der Waals surface area contributed by atoms with Crippen LogP contribution in [0.3, 0.4) is 0 Å². The number of carbonyl (C=O) groups excluding carboxylic acids is 3. The number of carbonyl (C=O) groups is 3. The van der Waals surface area contributed by atoms with Crippen LogP contribution in [-0.4, -0.2) is 37.7 Å². The fourth-order valence-electron chi connectivity index (χ4n) is 3.56. The highest BCUT2D eigenvalue weighted by atomic mass is 16.6. The highest BCUT2D eigenvalue weighted by Gasteiger charge is 2.80. The van der Waals surface area contributed by atoms with E-state index in [-0.39, 0.29) is 6.42 Å². The van der Waals surface area contributed by atoms with E-state index in [1.165, 1.54) is 14.2 Å². The molecule has 2 rings (SSSR count). The lowest BCUT2D eigenvalue weighted by atomic mass is 9.65. The predicted molar refractivity (Wildman–Crippen MR) is 62.9 cm³/mol. The summed E-state index contributed by atoms with van der Waals surface area (Å²) in [6.45, 7) is 5.15. The van der Waals surface area contributed by atoms with Gasteiger partial charge in [-0.05, 0) is 13.8 Å². The number of ether oxygens (including phenoxy) is 3. The second kappa shape index (κ2) is 3.71. The summed E-state index contributed by atoms with van der Waals surface area (Å²) in [5.41, 5.74) is -3.21. The van der Waals surface area contributed by atoms with Crippen LogP contribution in [0.5, 0.6) is 0 Å². The third-order valence-electron chi connectivity index (χ3n) is 5.16. The lowest BCUT2D eigenvalue weighted by Crippen LogP contribution is -2.62. The van der Waals surface area contributed by atoms with Crippen molar-refractivity contribution in [2.45, 2.75) is 32.8 Å². The van der Waals surface area contributed by atoms with Crippen LogP contribution < -0.4 is 0 Å². The number of hydrogen-bond donors (Lipinski definition) is 0. The van der Waals surface area contributed by atoms with Gasteiger partial charge in [0.2, 0.25) is 0 Å². The van der Waals surface area contributed by atoms with Gasteiger partial charge in [-0.25, -0.2) is 0 Å². The Hall–Kier alpha value is -1.59. The van der Waals surface area contributed by atoms with Crippen LogP contribution in [0.2, 0.25) is 0 Å². The summed E-state index contributed by atoms with van der Waals surface area (Å²) < 4.78 is 14.8. The second-order valence-electron chi connectivity index (χ2n) is 5.68. The molecular weight excluding hydrogens is 252 g/mol. The molecule has 0 N–H and O–H groups in total. The minimum absolute atomic E-state index is 0.0861. The largest absolute Gasteiger partial charge is 0.468 e. The van der Waals surface area contributed by atoms with E-state index in [1.807, 2.05) is 0 Å². The third kappa shape index (κ3) is 1.24. The van der Waals surface area contributed by atoms with Crippen molar-refractivity contribution in [3.05, 3.63) is 0 Å². The van der Waals surface area contributed by atoms with Gasteiger partial charge in [0.05, 0.1) is 14.2 Å². The van der Waals surface area contributed by atoms with E-state index in [1.54, 1.807) is 20.8 Å². The van der Waals surface area contributed by atoms with Gasteiger partial charge in [-0.3, -0.25) is 14.4 Å². The van der Waals surface area contributed by atoms with Gasteiger partial charge in [-0.2, -0.15) is 0 Å². The number of rotatable bonds is 2. The average molecular weight is 270 g/mol. The van der Waals surface area contributed by atoms with E-state index in [0.29, 0.717) is 0 Å². The molecule has 1 saturated carbocycles. The summed E-state index contributed by atoms with van der Waals surface area (Å²) in [5.74, 6) is -2.30. The van der Waals surface area contributed by atoms with Crippen molar-refractivity contribution in [3.63, 3.8) is 0 Å². The Morgan fingerprint density at radius 2 is 1.68 bits per heavy atom. The number of esters is 3. The molecule has 0 bridgehead atoms. The van der Waals surface area contributed by atoms with E-state index in [9.17, 15) is 14.4 Å². The van der Waals surface area contributed by atoms with Gasteiger partial charge in [-0.15, -0.1) is 0 Å². The molecule has 3 atom stereocenters. The third-order valence-corrected chi connectivity index (χ3v) is 5.16. The molecule has 19 heavy (non-hydrogen) atoms. The molecule has 0 amide bonds. The lowest BCUT2D eigenvalue weighted by molar-refractivity contribution is -0.231. The minimum atomic E-state index is -1.49. The lowest BCUT2D eigenvalue weighted by Gasteiger charge is -2.50. The summed E-state index contributed by atoms with van der Waals surface area (Å²) >= 11 is 0. The summed E-state index contributed by atoms with van der Waals surface area (Å²) in [4.78, 5) is 36.2. The quantitative estimate of drug-likeness (QED) is 0.417. The highest BCUT2D eigenvalue weighted by molar-refractivity contribution is 6.03. The Morgan fingerprint density at radius 1 is 1.21 bits per heavy atom. The monoisotopic (exact) mass is 270 g/mol. The number of methoxy groups -OCH3 is 2. The Morgan fingerprint density at radius 3 is 2.00 bits per heavy atom. The fraction of sp³-hybridized carbons (Fsp3) is 0.769. The molecule has 0 aromatic heterocycles. The summed E-state index contributed by atoms with van der Waals surface area (Å²) in [5, 5.41) is 0. The second-order valence-corrected chi connectivity index (χ2v) is 5.68. The molecule has 1 aliphatic carbocycles. The number of fused-ring (bicyclic) bond motifs is 1. The SMILES string of the molecule is COC(=O)C1(C(=O)OC)C[C@@]2(C)OC(=O)[C@@]2(C)[C@@H]1C. The van der Waals surface area contributed by atoms with Gasteiger partial charge >= 0.3 is 17.9 Å². The van der Waals surface area contributed by atoms with Crippen LogP contribution in [0, 0.1) is 16.7 Å². The molecule has 0 unspecified atom stereocenters. The van der Waals surface area contributed by atoms with Crippen molar-refractivity contribution in [3.8, 4) is 0 Å². The van der Waals surface area contributed by atoms with E-state index in [4.69, 9.17) is 14.2 Å². The fourth-order valence-corrected chi connectivity index (χ4v) is 3.56. The Kier molecular flexibility index (Phi) is 2.70. The van der Waals surface area contributed by atoms with Crippen molar-refractivity contribution in [2.24, 2.45) is 16.7 Å². The first-order valence-corrected chi connectivity index (χ1v) is 6.11. The van der Waals surface area contributed by atoms with Gasteiger partial charge in [0.25, 0.3) is 0 Å². The van der Waals surface area contributed by atoms with E-state index >= 15 is 0 Å². The van der Waals surface area contributed by atoms with Crippen molar-refractivity contribution >= 4 is 17.9 Å². The zero-order valence-corrected chi connectivity index (χ0v) is 11.7. The summed E-state index contributed by atoms with van der Waals surface area (Å²) in [6, 6.07) is 0. The minimum Gasteiger partial charge on any atom is -0.468 e. The molecule has 6 heteroatoms. The molecule has 0 aromatic carbocycles. The van der Waals surface area contributed by atoms with E-state index in [0.717, 1.165) is 0 Å². The maximum Gasteiger partial charge on any atom is 0.323 e. The normalized spacial score (nSPS) is 38.8. The Labute approximate surface area is 111 Å². The standard InChI is InChI=1S/C13H18O6/c1-7-12(3)8(14)19-11(12,2)6-13(7,9(15)17-4)10(16)18-5/h7H,6H2,1-5H3/t7-,11+,12+/m0/s1. The molecule has 1 aliphatic heterocycles. The molecule has 2 fully saturated rings. The van der Waals surface area contributed by atoms with Gasteiger partial charge in [0.1, 0.15) is 11.0 Å². The maximum atomic E-state index is 12.2.